The van der Waals surface area contributed by atoms with Crippen LogP contribution in [0.15, 0.2) is 34.7 Å². The Morgan fingerprint density at radius 2 is 2.10 bits per heavy atom. The highest BCUT2D eigenvalue weighted by Gasteiger charge is 2.26. The fraction of sp³-hybridized carbons (Fsp3) is 0.438. The zero-order chi connectivity index (χ0) is 13.9. The van der Waals surface area contributed by atoms with Crippen molar-refractivity contribution < 1.29 is 9.21 Å². The van der Waals surface area contributed by atoms with E-state index in [0.717, 1.165) is 30.2 Å². The topological polar surface area (TPSA) is 68.3 Å². The fourth-order valence-corrected chi connectivity index (χ4v) is 3.01. The van der Waals surface area contributed by atoms with Crippen LogP contribution in [0.4, 0.5) is 0 Å². The highest BCUT2D eigenvalue weighted by Crippen LogP contribution is 2.24. The van der Waals surface area contributed by atoms with Crippen molar-refractivity contribution in [2.24, 2.45) is 11.7 Å². The Hall–Kier alpha value is -1.81. The summed E-state index contributed by atoms with van der Waals surface area (Å²) in [4.78, 5) is 12.3. The molecule has 2 aromatic rings. The van der Waals surface area contributed by atoms with E-state index in [2.05, 4.69) is 5.32 Å². The molecule has 1 heterocycles. The van der Waals surface area contributed by atoms with E-state index < -0.39 is 0 Å². The number of hydrogen-bond acceptors (Lipinski definition) is 3. The van der Waals surface area contributed by atoms with Crippen molar-refractivity contribution in [2.75, 3.05) is 6.54 Å². The number of hydrogen-bond donors (Lipinski definition) is 2. The number of rotatable bonds is 3. The van der Waals surface area contributed by atoms with Crippen LogP contribution in [0.25, 0.3) is 11.0 Å². The normalized spacial score (nSPS) is 22.9. The molecule has 2 unspecified atom stereocenters. The van der Waals surface area contributed by atoms with E-state index in [1.165, 1.54) is 6.42 Å². The molecule has 0 bridgehead atoms. The van der Waals surface area contributed by atoms with Gasteiger partial charge in [0.2, 0.25) is 0 Å². The van der Waals surface area contributed by atoms with Crippen LogP contribution >= 0.6 is 0 Å². The molecule has 0 saturated heterocycles. The molecule has 1 aliphatic rings. The van der Waals surface area contributed by atoms with E-state index in [4.69, 9.17) is 10.2 Å². The van der Waals surface area contributed by atoms with E-state index in [0.29, 0.717) is 18.2 Å². The largest absolute Gasteiger partial charge is 0.451 e. The second-order valence-electron chi connectivity index (χ2n) is 5.51. The van der Waals surface area contributed by atoms with E-state index in [9.17, 15) is 4.79 Å². The van der Waals surface area contributed by atoms with Crippen molar-refractivity contribution in [3.63, 3.8) is 0 Å². The average Bonchev–Trinajstić information content (AvgIpc) is 2.92. The molecular weight excluding hydrogens is 252 g/mol. The lowest BCUT2D eigenvalue weighted by Gasteiger charge is -2.30. The molecule has 1 fully saturated rings. The summed E-state index contributed by atoms with van der Waals surface area (Å²) in [6.07, 6.45) is 4.47. The predicted molar refractivity (Wildman–Crippen MR) is 78.5 cm³/mol. The number of furan rings is 1. The predicted octanol–water partition coefficient (Wildman–Crippen LogP) is 2.68. The molecule has 106 valence electrons. The molecule has 0 spiro atoms. The van der Waals surface area contributed by atoms with Gasteiger partial charge in [0.1, 0.15) is 5.58 Å². The van der Waals surface area contributed by atoms with Gasteiger partial charge in [0.15, 0.2) is 5.76 Å². The molecule has 3 N–H and O–H groups in total. The standard InChI is InChI=1S/C16H20N2O2/c17-10-12-6-1-3-7-13(12)18-16(19)15-9-11-5-2-4-8-14(11)20-15/h2,4-5,8-9,12-13H,1,3,6-7,10,17H2,(H,18,19). The Morgan fingerprint density at radius 3 is 2.90 bits per heavy atom. The van der Waals surface area contributed by atoms with Gasteiger partial charge >= 0.3 is 0 Å². The Bertz CT molecular complexity index is 572. The zero-order valence-electron chi connectivity index (χ0n) is 11.5. The van der Waals surface area contributed by atoms with Gasteiger partial charge in [-0.1, -0.05) is 31.0 Å². The van der Waals surface area contributed by atoms with Gasteiger partial charge in [0.05, 0.1) is 0 Å². The Labute approximate surface area is 118 Å². The van der Waals surface area contributed by atoms with E-state index in [-0.39, 0.29) is 11.9 Å². The van der Waals surface area contributed by atoms with Gasteiger partial charge in [-0.3, -0.25) is 4.79 Å². The van der Waals surface area contributed by atoms with Crippen molar-refractivity contribution >= 4 is 16.9 Å². The summed E-state index contributed by atoms with van der Waals surface area (Å²) in [5.41, 5.74) is 6.54. The number of benzene rings is 1. The molecule has 0 radical (unpaired) electrons. The maximum absolute atomic E-state index is 12.3. The van der Waals surface area contributed by atoms with Gasteiger partial charge in [0.25, 0.3) is 5.91 Å². The lowest BCUT2D eigenvalue weighted by molar-refractivity contribution is 0.0882. The molecule has 0 aliphatic heterocycles. The minimum absolute atomic E-state index is 0.133. The van der Waals surface area contributed by atoms with Crippen LogP contribution in [0.3, 0.4) is 0 Å². The van der Waals surface area contributed by atoms with Gasteiger partial charge < -0.3 is 15.5 Å². The second-order valence-corrected chi connectivity index (χ2v) is 5.51. The van der Waals surface area contributed by atoms with Gasteiger partial charge in [-0.05, 0) is 37.4 Å². The number of nitrogens with two attached hydrogens (primary N) is 1. The summed E-state index contributed by atoms with van der Waals surface area (Å²) in [7, 11) is 0. The fourth-order valence-electron chi connectivity index (χ4n) is 3.01. The summed E-state index contributed by atoms with van der Waals surface area (Å²) < 4.78 is 5.60. The minimum Gasteiger partial charge on any atom is -0.451 e. The third-order valence-corrected chi connectivity index (χ3v) is 4.18. The SMILES string of the molecule is NCC1CCCCC1NC(=O)c1cc2ccccc2o1. The van der Waals surface area contributed by atoms with E-state index in [1.54, 1.807) is 6.07 Å². The number of amides is 1. The van der Waals surface area contributed by atoms with Crippen LogP contribution in [0.5, 0.6) is 0 Å². The van der Waals surface area contributed by atoms with Gasteiger partial charge in [-0.2, -0.15) is 0 Å². The maximum atomic E-state index is 12.3. The smallest absolute Gasteiger partial charge is 0.287 e. The monoisotopic (exact) mass is 272 g/mol. The Kier molecular flexibility index (Phi) is 3.74. The lowest BCUT2D eigenvalue weighted by Crippen LogP contribution is -2.44. The molecule has 1 aliphatic carbocycles. The van der Waals surface area contributed by atoms with E-state index in [1.807, 2.05) is 24.3 Å². The summed E-state index contributed by atoms with van der Waals surface area (Å²) in [5, 5.41) is 4.04. The Morgan fingerprint density at radius 1 is 1.30 bits per heavy atom. The number of carbonyl (C=O) groups excluding carboxylic acids is 1. The van der Waals surface area contributed by atoms with E-state index >= 15 is 0 Å². The number of nitrogens with one attached hydrogen (secondary N) is 1. The molecule has 4 heteroatoms. The quantitative estimate of drug-likeness (QED) is 0.902. The molecule has 1 amide bonds. The number of carbonyl (C=O) groups is 1. The van der Waals surface area contributed by atoms with Crippen molar-refractivity contribution in [3.8, 4) is 0 Å². The third-order valence-electron chi connectivity index (χ3n) is 4.18. The maximum Gasteiger partial charge on any atom is 0.287 e. The van der Waals surface area contributed by atoms with Crippen LogP contribution < -0.4 is 11.1 Å². The molecule has 4 nitrogen and oxygen atoms in total. The molecule has 1 aromatic carbocycles. The first kappa shape index (κ1) is 13.2. The lowest BCUT2D eigenvalue weighted by atomic mass is 9.84. The van der Waals surface area contributed by atoms with Gasteiger partial charge in [-0.15, -0.1) is 0 Å². The highest BCUT2D eigenvalue weighted by molar-refractivity contribution is 5.96. The van der Waals surface area contributed by atoms with Gasteiger partial charge in [0, 0.05) is 11.4 Å². The number of para-hydroxylation sites is 1. The zero-order valence-corrected chi connectivity index (χ0v) is 11.5. The molecule has 20 heavy (non-hydrogen) atoms. The second kappa shape index (κ2) is 5.67. The van der Waals surface area contributed by atoms with Crippen molar-refractivity contribution in [3.05, 3.63) is 36.1 Å². The van der Waals surface area contributed by atoms with Crippen molar-refractivity contribution in [2.45, 2.75) is 31.7 Å². The summed E-state index contributed by atoms with van der Waals surface area (Å²) in [5.74, 6) is 0.635. The van der Waals surface area contributed by atoms with Crippen LogP contribution in [0, 0.1) is 5.92 Å². The van der Waals surface area contributed by atoms with Crippen LogP contribution in [-0.4, -0.2) is 18.5 Å². The highest BCUT2D eigenvalue weighted by atomic mass is 16.3. The molecule has 3 rings (SSSR count). The summed E-state index contributed by atoms with van der Waals surface area (Å²) in [6, 6.07) is 9.62. The minimum atomic E-state index is -0.133. The first-order valence-electron chi connectivity index (χ1n) is 7.27. The van der Waals surface area contributed by atoms with Crippen LogP contribution in [0.1, 0.15) is 36.2 Å². The molecule has 2 atom stereocenters. The average molecular weight is 272 g/mol. The van der Waals surface area contributed by atoms with Gasteiger partial charge in [-0.25, -0.2) is 0 Å². The first-order chi connectivity index (χ1) is 9.78. The third kappa shape index (κ3) is 2.56. The molecule has 1 aromatic heterocycles. The summed E-state index contributed by atoms with van der Waals surface area (Å²) in [6.45, 7) is 0.630. The number of fused-ring (bicyclic) bond motifs is 1. The molecular formula is C16H20N2O2. The van der Waals surface area contributed by atoms with Crippen LogP contribution in [0.2, 0.25) is 0 Å². The first-order valence-corrected chi connectivity index (χ1v) is 7.27. The Balaban J connectivity index is 1.75. The summed E-state index contributed by atoms with van der Waals surface area (Å²) >= 11 is 0. The van der Waals surface area contributed by atoms with Crippen molar-refractivity contribution in [1.29, 1.82) is 0 Å². The molecule has 1 saturated carbocycles. The van der Waals surface area contributed by atoms with Crippen LogP contribution in [-0.2, 0) is 0 Å². The van der Waals surface area contributed by atoms with Crippen molar-refractivity contribution in [1.82, 2.24) is 5.32 Å².